The summed E-state index contributed by atoms with van der Waals surface area (Å²) in [6.07, 6.45) is 4.90. The molecule has 25 heavy (non-hydrogen) atoms. The van der Waals surface area contributed by atoms with Crippen LogP contribution in [0.15, 0.2) is 27.8 Å². The third-order valence-electron chi connectivity index (χ3n) is 4.81. The van der Waals surface area contributed by atoms with Crippen LogP contribution >= 0.6 is 15.9 Å². The van der Waals surface area contributed by atoms with Crippen LogP contribution in [-0.4, -0.2) is 17.5 Å². The molecule has 1 N–H and O–H groups in total. The second kappa shape index (κ2) is 6.86. The molecule has 0 radical (unpaired) electrons. The van der Waals surface area contributed by atoms with Crippen molar-refractivity contribution in [3.8, 4) is 0 Å². The number of ether oxygens (including phenoxy) is 1. The lowest BCUT2D eigenvalue weighted by molar-refractivity contribution is -0.148. The first-order valence-corrected chi connectivity index (χ1v) is 9.04. The number of benzene rings is 1. The molecule has 0 bridgehead atoms. The van der Waals surface area contributed by atoms with E-state index < -0.39 is 29.1 Å². The SMILES string of the molecule is CC1=C(C(=O)Nc2c(F)cc(F)cc2Br)C2(CCCCCC2)OC1=O. The maximum atomic E-state index is 14.0. The fraction of sp³-hybridized carbons (Fsp3) is 0.444. The molecule has 1 saturated carbocycles. The van der Waals surface area contributed by atoms with Gasteiger partial charge in [-0.3, -0.25) is 4.79 Å². The molecule has 3 rings (SSSR count). The van der Waals surface area contributed by atoms with Gasteiger partial charge in [-0.25, -0.2) is 13.6 Å². The van der Waals surface area contributed by atoms with Gasteiger partial charge in [0.25, 0.3) is 5.91 Å². The molecular weight excluding hydrogens is 396 g/mol. The van der Waals surface area contributed by atoms with Crippen LogP contribution in [0.4, 0.5) is 14.5 Å². The molecule has 1 amide bonds. The van der Waals surface area contributed by atoms with Gasteiger partial charge in [-0.1, -0.05) is 12.8 Å². The quantitative estimate of drug-likeness (QED) is 0.718. The Morgan fingerprint density at radius 3 is 2.44 bits per heavy atom. The van der Waals surface area contributed by atoms with Crippen LogP contribution in [0.1, 0.15) is 45.4 Å². The molecule has 0 saturated heterocycles. The molecule has 2 aliphatic rings. The molecule has 1 aromatic rings. The standard InChI is InChI=1S/C18H18BrF2NO3/c1-10-14(18(25-17(10)24)6-4-2-3-5-7-18)16(23)22-15-12(19)8-11(20)9-13(15)21/h8-9H,2-7H2,1H3,(H,22,23). The monoisotopic (exact) mass is 413 g/mol. The zero-order valence-electron chi connectivity index (χ0n) is 13.8. The van der Waals surface area contributed by atoms with E-state index in [1.165, 1.54) is 0 Å². The number of carbonyl (C=O) groups is 2. The highest BCUT2D eigenvalue weighted by molar-refractivity contribution is 9.10. The topological polar surface area (TPSA) is 55.4 Å². The maximum Gasteiger partial charge on any atom is 0.335 e. The van der Waals surface area contributed by atoms with Crippen molar-refractivity contribution in [2.75, 3.05) is 5.32 Å². The fourth-order valence-electron chi connectivity index (χ4n) is 3.62. The van der Waals surface area contributed by atoms with E-state index in [9.17, 15) is 18.4 Å². The second-order valence-corrected chi connectivity index (χ2v) is 7.35. The zero-order valence-corrected chi connectivity index (χ0v) is 15.3. The van der Waals surface area contributed by atoms with E-state index in [0.29, 0.717) is 18.9 Å². The largest absolute Gasteiger partial charge is 0.451 e. The van der Waals surface area contributed by atoms with Crippen molar-refractivity contribution in [1.82, 2.24) is 0 Å². The third kappa shape index (κ3) is 3.34. The van der Waals surface area contributed by atoms with Gasteiger partial charge in [-0.15, -0.1) is 0 Å². The van der Waals surface area contributed by atoms with Crippen molar-refractivity contribution >= 4 is 33.5 Å². The lowest BCUT2D eigenvalue weighted by atomic mass is 9.84. The number of halogens is 3. The Kier molecular flexibility index (Phi) is 4.95. The molecular formula is C18H18BrF2NO3. The second-order valence-electron chi connectivity index (χ2n) is 6.50. The Labute approximate surface area is 152 Å². The average Bonchev–Trinajstić information content (AvgIpc) is 2.67. The fourth-order valence-corrected chi connectivity index (χ4v) is 4.12. The third-order valence-corrected chi connectivity index (χ3v) is 5.43. The van der Waals surface area contributed by atoms with Crippen molar-refractivity contribution in [2.45, 2.75) is 51.0 Å². The normalized spacial score (nSPS) is 19.8. The van der Waals surface area contributed by atoms with Crippen LogP contribution in [0.3, 0.4) is 0 Å². The molecule has 134 valence electrons. The van der Waals surface area contributed by atoms with Crippen LogP contribution in [0.25, 0.3) is 0 Å². The van der Waals surface area contributed by atoms with E-state index in [4.69, 9.17) is 4.74 Å². The Bertz CT molecular complexity index is 745. The van der Waals surface area contributed by atoms with E-state index >= 15 is 0 Å². The van der Waals surface area contributed by atoms with Crippen molar-refractivity contribution in [3.05, 3.63) is 39.4 Å². The van der Waals surface area contributed by atoms with Crippen LogP contribution in [0.2, 0.25) is 0 Å². The molecule has 1 aliphatic heterocycles. The van der Waals surface area contributed by atoms with Crippen LogP contribution < -0.4 is 5.32 Å². The van der Waals surface area contributed by atoms with Gasteiger partial charge in [0.1, 0.15) is 11.4 Å². The van der Waals surface area contributed by atoms with Gasteiger partial charge in [0.2, 0.25) is 0 Å². The van der Waals surface area contributed by atoms with Crippen molar-refractivity contribution < 1.29 is 23.1 Å². The highest BCUT2D eigenvalue weighted by atomic mass is 79.9. The lowest BCUT2D eigenvalue weighted by Crippen LogP contribution is -2.37. The minimum Gasteiger partial charge on any atom is -0.451 e. The Morgan fingerprint density at radius 1 is 1.20 bits per heavy atom. The van der Waals surface area contributed by atoms with E-state index in [1.54, 1.807) is 6.92 Å². The number of hydrogen-bond acceptors (Lipinski definition) is 3. The first-order valence-electron chi connectivity index (χ1n) is 8.25. The number of hydrogen-bond donors (Lipinski definition) is 1. The van der Waals surface area contributed by atoms with Crippen molar-refractivity contribution in [3.63, 3.8) is 0 Å². The van der Waals surface area contributed by atoms with Crippen LogP contribution in [0.5, 0.6) is 0 Å². The summed E-state index contributed by atoms with van der Waals surface area (Å²) in [5.41, 5.74) is -0.590. The smallest absolute Gasteiger partial charge is 0.335 e. The van der Waals surface area contributed by atoms with Gasteiger partial charge >= 0.3 is 5.97 Å². The Balaban J connectivity index is 1.95. The average molecular weight is 414 g/mol. The van der Waals surface area contributed by atoms with Gasteiger partial charge in [0.15, 0.2) is 5.82 Å². The number of anilines is 1. The number of nitrogens with one attached hydrogen (secondary N) is 1. The van der Waals surface area contributed by atoms with Gasteiger partial charge in [-0.05, 0) is 54.6 Å². The molecule has 1 spiro atoms. The summed E-state index contributed by atoms with van der Waals surface area (Å²) in [6, 6.07) is 1.76. The van der Waals surface area contributed by atoms with Gasteiger partial charge in [0.05, 0.1) is 11.3 Å². The van der Waals surface area contributed by atoms with Gasteiger partial charge < -0.3 is 10.1 Å². The summed E-state index contributed by atoms with van der Waals surface area (Å²) >= 11 is 3.05. The Hall–Kier alpha value is -1.76. The predicted octanol–water partition coefficient (Wildman–Crippen LogP) is 4.63. The number of carbonyl (C=O) groups excluding carboxylic acids is 2. The zero-order chi connectivity index (χ0) is 18.2. The molecule has 1 fully saturated rings. The van der Waals surface area contributed by atoms with Crippen LogP contribution in [0, 0.1) is 11.6 Å². The Morgan fingerprint density at radius 2 is 1.84 bits per heavy atom. The van der Waals surface area contributed by atoms with Crippen molar-refractivity contribution in [1.29, 1.82) is 0 Å². The molecule has 0 atom stereocenters. The van der Waals surface area contributed by atoms with Gasteiger partial charge in [-0.2, -0.15) is 0 Å². The number of amides is 1. The minimum absolute atomic E-state index is 0.0942. The molecule has 0 unspecified atom stereocenters. The summed E-state index contributed by atoms with van der Waals surface area (Å²) in [5, 5.41) is 2.47. The number of esters is 1. The molecule has 1 aromatic carbocycles. The maximum absolute atomic E-state index is 14.0. The van der Waals surface area contributed by atoms with E-state index in [2.05, 4.69) is 21.2 Å². The summed E-state index contributed by atoms with van der Waals surface area (Å²) in [6.45, 7) is 1.55. The predicted molar refractivity (Wildman–Crippen MR) is 91.9 cm³/mol. The summed E-state index contributed by atoms with van der Waals surface area (Å²) in [5.74, 6) is -2.74. The summed E-state index contributed by atoms with van der Waals surface area (Å²) in [7, 11) is 0. The van der Waals surface area contributed by atoms with E-state index in [-0.39, 0.29) is 21.3 Å². The molecule has 0 aromatic heterocycles. The van der Waals surface area contributed by atoms with E-state index in [1.807, 2.05) is 0 Å². The van der Waals surface area contributed by atoms with E-state index in [0.717, 1.165) is 31.7 Å². The van der Waals surface area contributed by atoms with Crippen molar-refractivity contribution in [2.24, 2.45) is 0 Å². The summed E-state index contributed by atoms with van der Waals surface area (Å²) in [4.78, 5) is 25.0. The summed E-state index contributed by atoms with van der Waals surface area (Å²) < 4.78 is 33.0. The highest BCUT2D eigenvalue weighted by Crippen LogP contribution is 2.43. The first-order chi connectivity index (χ1) is 11.8. The van der Waals surface area contributed by atoms with Gasteiger partial charge in [0, 0.05) is 16.1 Å². The van der Waals surface area contributed by atoms with Crippen LogP contribution in [-0.2, 0) is 14.3 Å². The lowest BCUT2D eigenvalue weighted by Gasteiger charge is -2.29. The molecule has 4 nitrogen and oxygen atoms in total. The first kappa shape index (κ1) is 18.0. The molecule has 1 heterocycles. The molecule has 7 heteroatoms. The number of rotatable bonds is 2. The minimum atomic E-state index is -0.940. The highest BCUT2D eigenvalue weighted by Gasteiger charge is 2.49. The molecule has 1 aliphatic carbocycles.